The van der Waals surface area contributed by atoms with Gasteiger partial charge in [-0.3, -0.25) is 4.90 Å². The second-order valence-electron chi connectivity index (χ2n) is 5.79. The summed E-state index contributed by atoms with van der Waals surface area (Å²) in [4.78, 5) is 14.5. The van der Waals surface area contributed by atoms with E-state index in [1.807, 2.05) is 24.7 Å². The van der Waals surface area contributed by atoms with E-state index >= 15 is 0 Å². The highest BCUT2D eigenvalue weighted by atomic mass is 32.2. The number of thioether (sulfide) groups is 1. The molecular formula is C17H17FN4S. The summed E-state index contributed by atoms with van der Waals surface area (Å²) in [5.41, 5.74) is 4.43. The van der Waals surface area contributed by atoms with Crippen LogP contribution in [0.1, 0.15) is 16.8 Å². The molecule has 0 spiro atoms. The number of hydrogen-bond donors (Lipinski definition) is 1. The van der Waals surface area contributed by atoms with E-state index in [0.717, 1.165) is 42.1 Å². The topological polar surface area (TPSA) is 44.8 Å². The second-order valence-corrected chi connectivity index (χ2v) is 6.57. The minimum atomic E-state index is -0.209. The Bertz CT molecular complexity index is 861. The number of nitrogens with zero attached hydrogens (tertiary/aromatic N) is 3. The fourth-order valence-electron chi connectivity index (χ4n) is 3.12. The predicted molar refractivity (Wildman–Crippen MR) is 89.9 cm³/mol. The molecule has 0 fully saturated rings. The third-order valence-electron chi connectivity index (χ3n) is 4.30. The average Bonchev–Trinajstić information content (AvgIpc) is 2.96. The maximum absolute atomic E-state index is 13.3. The van der Waals surface area contributed by atoms with E-state index in [-0.39, 0.29) is 5.82 Å². The first kappa shape index (κ1) is 14.7. The second kappa shape index (κ2) is 5.94. The molecule has 1 aliphatic rings. The Labute approximate surface area is 138 Å². The summed E-state index contributed by atoms with van der Waals surface area (Å²) in [5.74, 6) is -0.209. The van der Waals surface area contributed by atoms with Crippen LogP contribution in [-0.2, 0) is 19.5 Å². The molecule has 2 aromatic heterocycles. The Morgan fingerprint density at radius 3 is 3.17 bits per heavy atom. The van der Waals surface area contributed by atoms with Gasteiger partial charge >= 0.3 is 0 Å². The summed E-state index contributed by atoms with van der Waals surface area (Å²) in [6.07, 6.45) is 6.87. The maximum atomic E-state index is 13.3. The van der Waals surface area contributed by atoms with Gasteiger partial charge in [0.1, 0.15) is 5.82 Å². The van der Waals surface area contributed by atoms with Crippen molar-refractivity contribution in [2.24, 2.45) is 0 Å². The van der Waals surface area contributed by atoms with Gasteiger partial charge in [-0.25, -0.2) is 14.4 Å². The highest BCUT2D eigenvalue weighted by molar-refractivity contribution is 7.98. The fourth-order valence-corrected chi connectivity index (χ4v) is 3.48. The van der Waals surface area contributed by atoms with Crippen molar-refractivity contribution in [2.45, 2.75) is 24.7 Å². The molecule has 4 rings (SSSR count). The number of hydrogen-bond acceptors (Lipinski definition) is 4. The third-order valence-corrected chi connectivity index (χ3v) is 4.86. The molecule has 1 N–H and O–H groups in total. The number of benzene rings is 1. The zero-order valence-electron chi connectivity index (χ0n) is 12.8. The van der Waals surface area contributed by atoms with Gasteiger partial charge in [-0.05, 0) is 30.0 Å². The van der Waals surface area contributed by atoms with Crippen molar-refractivity contribution in [1.29, 1.82) is 0 Å². The SMILES string of the molecule is CSc1ncc2c(n1)CCN(Cc1c[nH]c3cc(F)ccc13)C2. The van der Waals surface area contributed by atoms with E-state index in [0.29, 0.717) is 0 Å². The predicted octanol–water partition coefficient (Wildman–Crippen LogP) is 3.38. The Hall–Kier alpha value is -1.92. The van der Waals surface area contributed by atoms with Crippen LogP contribution in [0.2, 0.25) is 0 Å². The van der Waals surface area contributed by atoms with Gasteiger partial charge in [-0.1, -0.05) is 11.8 Å². The average molecular weight is 328 g/mol. The lowest BCUT2D eigenvalue weighted by molar-refractivity contribution is 0.243. The molecule has 1 aromatic carbocycles. The van der Waals surface area contributed by atoms with Crippen LogP contribution in [0.3, 0.4) is 0 Å². The van der Waals surface area contributed by atoms with Crippen LogP contribution < -0.4 is 0 Å². The molecular weight excluding hydrogens is 311 g/mol. The zero-order valence-corrected chi connectivity index (χ0v) is 13.7. The van der Waals surface area contributed by atoms with Gasteiger partial charge in [0.25, 0.3) is 0 Å². The van der Waals surface area contributed by atoms with Crippen LogP contribution in [-0.4, -0.2) is 32.7 Å². The minimum Gasteiger partial charge on any atom is -0.361 e. The van der Waals surface area contributed by atoms with Crippen LogP contribution in [0.4, 0.5) is 4.39 Å². The van der Waals surface area contributed by atoms with Crippen molar-refractivity contribution in [3.05, 3.63) is 53.2 Å². The van der Waals surface area contributed by atoms with Crippen LogP contribution >= 0.6 is 11.8 Å². The molecule has 0 atom stereocenters. The summed E-state index contributed by atoms with van der Waals surface area (Å²) in [7, 11) is 0. The highest BCUT2D eigenvalue weighted by Gasteiger charge is 2.19. The van der Waals surface area contributed by atoms with Crippen LogP contribution in [0, 0.1) is 5.82 Å². The van der Waals surface area contributed by atoms with Gasteiger partial charge in [0.05, 0.1) is 5.69 Å². The number of fused-ring (bicyclic) bond motifs is 2. The summed E-state index contributed by atoms with van der Waals surface area (Å²) in [6.45, 7) is 2.68. The van der Waals surface area contributed by atoms with E-state index in [2.05, 4.69) is 19.9 Å². The maximum Gasteiger partial charge on any atom is 0.187 e. The summed E-state index contributed by atoms with van der Waals surface area (Å²) < 4.78 is 13.3. The molecule has 0 amide bonds. The first-order valence-electron chi connectivity index (χ1n) is 7.59. The number of aromatic amines is 1. The molecule has 4 nitrogen and oxygen atoms in total. The molecule has 0 unspecified atom stereocenters. The molecule has 118 valence electrons. The van der Waals surface area contributed by atoms with Crippen molar-refractivity contribution in [1.82, 2.24) is 19.9 Å². The van der Waals surface area contributed by atoms with E-state index in [1.54, 1.807) is 17.8 Å². The molecule has 6 heteroatoms. The van der Waals surface area contributed by atoms with Crippen LogP contribution in [0.5, 0.6) is 0 Å². The van der Waals surface area contributed by atoms with E-state index in [4.69, 9.17) is 0 Å². The molecule has 3 aromatic rings. The largest absolute Gasteiger partial charge is 0.361 e. The van der Waals surface area contributed by atoms with Crippen LogP contribution in [0.15, 0.2) is 35.7 Å². The number of nitrogens with one attached hydrogen (secondary N) is 1. The van der Waals surface area contributed by atoms with Gasteiger partial charge in [0.15, 0.2) is 5.16 Å². The lowest BCUT2D eigenvalue weighted by atomic mass is 10.1. The first-order chi connectivity index (χ1) is 11.2. The van der Waals surface area contributed by atoms with Crippen molar-refractivity contribution >= 4 is 22.7 Å². The zero-order chi connectivity index (χ0) is 15.8. The molecule has 3 heterocycles. The monoisotopic (exact) mass is 328 g/mol. The molecule has 23 heavy (non-hydrogen) atoms. The number of rotatable bonds is 3. The van der Waals surface area contributed by atoms with E-state index in [9.17, 15) is 4.39 Å². The lowest BCUT2D eigenvalue weighted by Crippen LogP contribution is -2.30. The summed E-state index contributed by atoms with van der Waals surface area (Å²) >= 11 is 1.58. The Balaban J connectivity index is 1.55. The Morgan fingerprint density at radius 1 is 1.39 bits per heavy atom. The molecule has 0 saturated heterocycles. The number of H-pyrrole nitrogens is 1. The van der Waals surface area contributed by atoms with E-state index < -0.39 is 0 Å². The van der Waals surface area contributed by atoms with Crippen LogP contribution in [0.25, 0.3) is 10.9 Å². The molecule has 1 aliphatic heterocycles. The third kappa shape index (κ3) is 2.84. The first-order valence-corrected chi connectivity index (χ1v) is 8.82. The Kier molecular flexibility index (Phi) is 3.79. The van der Waals surface area contributed by atoms with Gasteiger partial charge < -0.3 is 4.98 Å². The van der Waals surface area contributed by atoms with Gasteiger partial charge in [-0.15, -0.1) is 0 Å². The van der Waals surface area contributed by atoms with Crippen molar-refractivity contribution in [3.63, 3.8) is 0 Å². The van der Waals surface area contributed by atoms with Gasteiger partial charge in [0.2, 0.25) is 0 Å². The van der Waals surface area contributed by atoms with Gasteiger partial charge in [0, 0.05) is 54.9 Å². The van der Waals surface area contributed by atoms with Crippen molar-refractivity contribution < 1.29 is 4.39 Å². The fraction of sp³-hybridized carbons (Fsp3) is 0.294. The number of halogens is 1. The molecule has 0 bridgehead atoms. The Morgan fingerprint density at radius 2 is 2.30 bits per heavy atom. The van der Waals surface area contributed by atoms with Gasteiger partial charge in [-0.2, -0.15) is 0 Å². The standard InChI is InChI=1S/C17H17FN4S/c1-23-17-20-8-12-10-22(5-4-15(12)21-17)9-11-7-19-16-6-13(18)2-3-14(11)16/h2-3,6-8,19H,4-5,9-10H2,1H3. The smallest absolute Gasteiger partial charge is 0.187 e. The van der Waals surface area contributed by atoms with Crippen molar-refractivity contribution in [2.75, 3.05) is 12.8 Å². The van der Waals surface area contributed by atoms with Crippen molar-refractivity contribution in [3.8, 4) is 0 Å². The lowest BCUT2D eigenvalue weighted by Gasteiger charge is -2.27. The molecule has 0 radical (unpaired) electrons. The highest BCUT2D eigenvalue weighted by Crippen LogP contribution is 2.24. The quantitative estimate of drug-likeness (QED) is 0.591. The molecule has 0 aliphatic carbocycles. The van der Waals surface area contributed by atoms with E-state index in [1.165, 1.54) is 22.9 Å². The number of aromatic nitrogens is 3. The summed E-state index contributed by atoms with van der Waals surface area (Å²) in [5, 5.41) is 1.93. The molecule has 0 saturated carbocycles. The minimum absolute atomic E-state index is 0.209. The normalized spacial score (nSPS) is 15.0. The summed E-state index contributed by atoms with van der Waals surface area (Å²) in [6, 6.07) is 4.91.